The minimum Gasteiger partial charge on any atom is -0.371 e. The number of hydrogen-bond acceptors (Lipinski definition) is 7. The van der Waals surface area contributed by atoms with Crippen LogP contribution >= 0.6 is 11.3 Å². The number of thiazole rings is 1. The van der Waals surface area contributed by atoms with Crippen molar-refractivity contribution in [1.82, 2.24) is 19.7 Å². The lowest BCUT2D eigenvalue weighted by atomic mass is 9.94. The molecule has 8 nitrogen and oxygen atoms in total. The van der Waals surface area contributed by atoms with Crippen LogP contribution in [0.25, 0.3) is 0 Å². The molecule has 1 unspecified atom stereocenters. The number of aromatic nitrogens is 1. The second kappa shape index (κ2) is 11.5. The Morgan fingerprint density at radius 1 is 1.08 bits per heavy atom. The molecule has 0 radical (unpaired) electrons. The molecule has 0 N–H and O–H groups in total. The summed E-state index contributed by atoms with van der Waals surface area (Å²) in [6.07, 6.45) is 3.17. The number of hydrogen-bond donors (Lipinski definition) is 0. The Hall–Kier alpha value is -2.78. The van der Waals surface area contributed by atoms with Gasteiger partial charge >= 0.3 is 0 Å². The van der Waals surface area contributed by atoms with Gasteiger partial charge in [0.2, 0.25) is 5.91 Å². The molecular weight excluding hydrogens is 474 g/mol. The molecule has 3 heterocycles. The molecule has 0 aliphatic carbocycles. The van der Waals surface area contributed by atoms with Gasteiger partial charge in [-0.05, 0) is 51.9 Å². The summed E-state index contributed by atoms with van der Waals surface area (Å²) in [7, 11) is 0. The van der Waals surface area contributed by atoms with Gasteiger partial charge in [0.15, 0.2) is 0 Å². The SMILES string of the molecule is CCN(CC)CCN(CC)C(=O)C1CCN(c2cccc3c2C(=O)N(C(C)c2nccs2)C3=O)CC1. The molecule has 1 saturated heterocycles. The van der Waals surface area contributed by atoms with E-state index >= 15 is 0 Å². The Morgan fingerprint density at radius 3 is 2.42 bits per heavy atom. The first-order valence-corrected chi connectivity index (χ1v) is 13.9. The van der Waals surface area contributed by atoms with Crippen molar-refractivity contribution in [3.63, 3.8) is 0 Å². The Labute approximate surface area is 217 Å². The van der Waals surface area contributed by atoms with Gasteiger partial charge in [-0.15, -0.1) is 11.3 Å². The topological polar surface area (TPSA) is 77.1 Å². The van der Waals surface area contributed by atoms with Crippen LogP contribution in [-0.2, 0) is 4.79 Å². The van der Waals surface area contributed by atoms with E-state index in [9.17, 15) is 14.4 Å². The summed E-state index contributed by atoms with van der Waals surface area (Å²) < 4.78 is 0. The van der Waals surface area contributed by atoms with E-state index in [1.807, 2.05) is 36.3 Å². The van der Waals surface area contributed by atoms with Crippen molar-refractivity contribution in [1.29, 1.82) is 0 Å². The van der Waals surface area contributed by atoms with Crippen LogP contribution in [-0.4, -0.2) is 83.2 Å². The first-order chi connectivity index (χ1) is 17.4. The quantitative estimate of drug-likeness (QED) is 0.450. The maximum atomic E-state index is 13.5. The highest BCUT2D eigenvalue weighted by atomic mass is 32.1. The standard InChI is InChI=1S/C27H37N5O3S/c1-5-29(6-2)16-17-30(7-3)25(33)20-11-14-31(15-12-20)22-10-8-9-21-23(22)27(35)32(26(21)34)19(4)24-28-13-18-36-24/h8-10,13,18-20H,5-7,11-12,14-17H2,1-4H3. The Kier molecular flexibility index (Phi) is 8.41. The summed E-state index contributed by atoms with van der Waals surface area (Å²) in [5.41, 5.74) is 1.72. The molecule has 36 heavy (non-hydrogen) atoms. The summed E-state index contributed by atoms with van der Waals surface area (Å²) >= 11 is 1.44. The van der Waals surface area contributed by atoms with E-state index in [4.69, 9.17) is 0 Å². The highest BCUT2D eigenvalue weighted by Gasteiger charge is 2.42. The van der Waals surface area contributed by atoms with Crippen molar-refractivity contribution in [2.24, 2.45) is 5.92 Å². The van der Waals surface area contributed by atoms with E-state index in [1.165, 1.54) is 16.2 Å². The van der Waals surface area contributed by atoms with E-state index in [2.05, 4.69) is 28.6 Å². The predicted octanol–water partition coefficient (Wildman–Crippen LogP) is 3.91. The minimum atomic E-state index is -0.412. The molecule has 1 fully saturated rings. The summed E-state index contributed by atoms with van der Waals surface area (Å²) in [4.78, 5) is 52.0. The van der Waals surface area contributed by atoms with Gasteiger partial charge in [0.25, 0.3) is 11.8 Å². The molecule has 0 saturated carbocycles. The highest BCUT2D eigenvalue weighted by Crippen LogP contribution is 2.38. The van der Waals surface area contributed by atoms with E-state index in [-0.39, 0.29) is 23.6 Å². The third-order valence-electron chi connectivity index (χ3n) is 7.58. The minimum absolute atomic E-state index is 0.00609. The van der Waals surface area contributed by atoms with Crippen LogP contribution in [0.5, 0.6) is 0 Å². The van der Waals surface area contributed by atoms with Crippen LogP contribution in [0.3, 0.4) is 0 Å². The van der Waals surface area contributed by atoms with Crippen molar-refractivity contribution in [2.45, 2.75) is 46.6 Å². The molecular formula is C27H37N5O3S. The molecule has 1 aromatic heterocycles. The zero-order valence-corrected chi connectivity index (χ0v) is 22.6. The molecule has 1 aromatic carbocycles. The van der Waals surface area contributed by atoms with Crippen LogP contribution in [0.4, 0.5) is 5.69 Å². The molecule has 0 spiro atoms. The molecule has 0 bridgehead atoms. The van der Waals surface area contributed by atoms with Crippen molar-refractivity contribution in [3.8, 4) is 0 Å². The van der Waals surface area contributed by atoms with E-state index in [1.54, 1.807) is 12.3 Å². The molecule has 2 aliphatic heterocycles. The average molecular weight is 512 g/mol. The molecule has 2 aromatic rings. The number of benzene rings is 1. The van der Waals surface area contributed by atoms with E-state index in [0.717, 1.165) is 56.3 Å². The lowest BCUT2D eigenvalue weighted by Crippen LogP contribution is -2.45. The zero-order chi connectivity index (χ0) is 25.8. The van der Waals surface area contributed by atoms with Crippen LogP contribution in [0.2, 0.25) is 0 Å². The Bertz CT molecular complexity index is 1080. The van der Waals surface area contributed by atoms with Gasteiger partial charge in [-0.25, -0.2) is 4.98 Å². The second-order valence-electron chi connectivity index (χ2n) is 9.43. The van der Waals surface area contributed by atoms with Crippen molar-refractivity contribution >= 4 is 34.7 Å². The number of likely N-dealkylation sites (N-methyl/N-ethyl adjacent to an activating group) is 2. The van der Waals surface area contributed by atoms with Gasteiger partial charge in [-0.2, -0.15) is 0 Å². The first kappa shape index (κ1) is 26.3. The zero-order valence-electron chi connectivity index (χ0n) is 21.8. The number of carbonyl (C=O) groups excluding carboxylic acids is 3. The largest absolute Gasteiger partial charge is 0.371 e. The second-order valence-corrected chi connectivity index (χ2v) is 10.4. The van der Waals surface area contributed by atoms with Crippen molar-refractivity contribution < 1.29 is 14.4 Å². The Balaban J connectivity index is 1.44. The maximum absolute atomic E-state index is 13.5. The molecule has 3 amide bonds. The van der Waals surface area contributed by atoms with Gasteiger partial charge in [0.05, 0.1) is 22.9 Å². The smallest absolute Gasteiger partial charge is 0.264 e. The van der Waals surface area contributed by atoms with Crippen LogP contribution in [0.15, 0.2) is 29.8 Å². The first-order valence-electron chi connectivity index (χ1n) is 13.1. The van der Waals surface area contributed by atoms with Gasteiger partial charge < -0.3 is 14.7 Å². The lowest BCUT2D eigenvalue weighted by Gasteiger charge is -2.36. The number of rotatable bonds is 10. The number of nitrogens with zero attached hydrogens (tertiary/aromatic N) is 5. The molecule has 194 valence electrons. The third kappa shape index (κ3) is 5.04. The molecule has 9 heteroatoms. The fourth-order valence-corrected chi connectivity index (χ4v) is 5.99. The fraction of sp³-hybridized carbons (Fsp3) is 0.556. The van der Waals surface area contributed by atoms with Crippen LogP contribution in [0, 0.1) is 5.92 Å². The number of carbonyl (C=O) groups is 3. The summed E-state index contributed by atoms with van der Waals surface area (Å²) in [6, 6.07) is 5.09. The number of fused-ring (bicyclic) bond motifs is 1. The summed E-state index contributed by atoms with van der Waals surface area (Å²) in [6.45, 7) is 13.9. The van der Waals surface area contributed by atoms with E-state index in [0.29, 0.717) is 24.2 Å². The molecule has 2 aliphatic rings. The summed E-state index contributed by atoms with van der Waals surface area (Å²) in [5.74, 6) is -0.304. The van der Waals surface area contributed by atoms with E-state index < -0.39 is 6.04 Å². The van der Waals surface area contributed by atoms with Crippen molar-refractivity contribution in [2.75, 3.05) is 50.7 Å². The lowest BCUT2D eigenvalue weighted by molar-refractivity contribution is -0.136. The number of imide groups is 1. The van der Waals surface area contributed by atoms with Gasteiger partial charge in [-0.3, -0.25) is 19.3 Å². The van der Waals surface area contributed by atoms with Crippen LogP contribution < -0.4 is 4.90 Å². The molecule has 1 atom stereocenters. The Morgan fingerprint density at radius 2 is 1.81 bits per heavy atom. The van der Waals surface area contributed by atoms with Gasteiger partial charge in [0.1, 0.15) is 5.01 Å². The van der Waals surface area contributed by atoms with Crippen molar-refractivity contribution in [3.05, 3.63) is 45.9 Å². The third-order valence-corrected chi connectivity index (χ3v) is 8.53. The normalized spacial score (nSPS) is 17.1. The monoisotopic (exact) mass is 511 g/mol. The van der Waals surface area contributed by atoms with Crippen LogP contribution in [0.1, 0.15) is 72.3 Å². The highest BCUT2D eigenvalue weighted by molar-refractivity contribution is 7.09. The van der Waals surface area contributed by atoms with Gasteiger partial charge in [0, 0.05) is 50.2 Å². The van der Waals surface area contributed by atoms with Gasteiger partial charge in [-0.1, -0.05) is 19.9 Å². The molecule has 4 rings (SSSR count). The predicted molar refractivity (Wildman–Crippen MR) is 142 cm³/mol. The fourth-order valence-electron chi connectivity index (χ4n) is 5.30. The number of piperidine rings is 1. The number of anilines is 1. The maximum Gasteiger partial charge on any atom is 0.264 e. The summed E-state index contributed by atoms with van der Waals surface area (Å²) in [5, 5.41) is 2.59. The number of amides is 3. The average Bonchev–Trinajstić information content (AvgIpc) is 3.53.